The summed E-state index contributed by atoms with van der Waals surface area (Å²) in [7, 11) is 1.68. The molecule has 16 heavy (non-hydrogen) atoms. The van der Waals surface area contributed by atoms with Crippen LogP contribution in [0.4, 0.5) is 0 Å². The molecule has 0 aliphatic carbocycles. The van der Waals surface area contributed by atoms with E-state index in [9.17, 15) is 9.59 Å². The highest BCUT2D eigenvalue weighted by Crippen LogP contribution is 2.25. The predicted molar refractivity (Wildman–Crippen MR) is 57.9 cm³/mol. The number of β-lactam (4-membered cyclic amide) rings is 1. The van der Waals surface area contributed by atoms with E-state index < -0.39 is 11.6 Å². The van der Waals surface area contributed by atoms with Gasteiger partial charge in [0.2, 0.25) is 5.60 Å². The van der Waals surface area contributed by atoms with E-state index in [0.29, 0.717) is 12.1 Å². The fraction of sp³-hybridized carbons (Fsp3) is 0.333. The summed E-state index contributed by atoms with van der Waals surface area (Å²) < 4.78 is 5.21. The van der Waals surface area contributed by atoms with Crippen molar-refractivity contribution in [3.8, 4) is 0 Å². The molecule has 0 saturated carbocycles. The zero-order valence-electron chi connectivity index (χ0n) is 9.27. The lowest BCUT2D eigenvalue weighted by atomic mass is 9.96. The van der Waals surface area contributed by atoms with E-state index in [4.69, 9.17) is 4.74 Å². The van der Waals surface area contributed by atoms with Crippen molar-refractivity contribution in [3.63, 3.8) is 0 Å². The summed E-state index contributed by atoms with van der Waals surface area (Å²) in [5.74, 6) is -0.610. The van der Waals surface area contributed by atoms with Gasteiger partial charge in [-0.1, -0.05) is 18.2 Å². The minimum Gasteiger partial charge on any atom is -0.444 e. The van der Waals surface area contributed by atoms with Crippen molar-refractivity contribution in [2.45, 2.75) is 12.5 Å². The number of likely N-dealkylation sites (tertiary alicyclic amines) is 1. The van der Waals surface area contributed by atoms with E-state index in [1.165, 1.54) is 4.90 Å². The van der Waals surface area contributed by atoms with Crippen LogP contribution in [0.1, 0.15) is 17.3 Å². The first-order valence-electron chi connectivity index (χ1n) is 5.07. The molecular formula is C12H13NO3. The molecule has 0 aromatic heterocycles. The minimum atomic E-state index is -0.984. The highest BCUT2D eigenvalue weighted by atomic mass is 16.6. The largest absolute Gasteiger partial charge is 0.444 e. The summed E-state index contributed by atoms with van der Waals surface area (Å²) in [6.45, 7) is 2.08. The molecule has 2 rings (SSSR count). The van der Waals surface area contributed by atoms with Crippen molar-refractivity contribution < 1.29 is 14.3 Å². The summed E-state index contributed by atoms with van der Waals surface area (Å²) in [4.78, 5) is 24.7. The molecule has 4 heteroatoms. The van der Waals surface area contributed by atoms with Crippen molar-refractivity contribution in [2.75, 3.05) is 13.6 Å². The number of ether oxygens (including phenoxy) is 1. The summed E-state index contributed by atoms with van der Waals surface area (Å²) in [6, 6.07) is 8.67. The Kier molecular flexibility index (Phi) is 2.42. The molecule has 1 aromatic rings. The Morgan fingerprint density at radius 2 is 2.00 bits per heavy atom. The third-order valence-corrected chi connectivity index (χ3v) is 2.67. The summed E-state index contributed by atoms with van der Waals surface area (Å²) >= 11 is 0. The van der Waals surface area contributed by atoms with Crippen LogP contribution in [0.2, 0.25) is 0 Å². The first-order valence-corrected chi connectivity index (χ1v) is 5.07. The Labute approximate surface area is 93.8 Å². The molecule has 1 aromatic carbocycles. The molecular weight excluding hydrogens is 206 g/mol. The Morgan fingerprint density at radius 3 is 2.50 bits per heavy atom. The van der Waals surface area contributed by atoms with Crippen molar-refractivity contribution in [2.24, 2.45) is 0 Å². The maximum Gasteiger partial charge on any atom is 0.339 e. The Bertz CT molecular complexity index is 429. The molecule has 0 radical (unpaired) electrons. The molecule has 1 amide bonds. The van der Waals surface area contributed by atoms with Gasteiger partial charge in [-0.2, -0.15) is 0 Å². The number of rotatable bonds is 2. The topological polar surface area (TPSA) is 46.6 Å². The van der Waals surface area contributed by atoms with Gasteiger partial charge < -0.3 is 9.64 Å². The average molecular weight is 219 g/mol. The maximum atomic E-state index is 11.7. The molecule has 1 fully saturated rings. The van der Waals surface area contributed by atoms with Crippen LogP contribution in [0.15, 0.2) is 30.3 Å². The second-order valence-corrected chi connectivity index (χ2v) is 4.15. The molecule has 4 nitrogen and oxygen atoms in total. The van der Waals surface area contributed by atoms with Crippen molar-refractivity contribution in [1.29, 1.82) is 0 Å². The van der Waals surface area contributed by atoms with Gasteiger partial charge in [0.25, 0.3) is 5.91 Å². The first-order chi connectivity index (χ1) is 7.53. The monoisotopic (exact) mass is 219 g/mol. The van der Waals surface area contributed by atoms with Crippen LogP contribution in [0, 0.1) is 0 Å². The molecule has 1 aliphatic heterocycles. The predicted octanol–water partition coefficient (Wildman–Crippen LogP) is 1.07. The number of benzene rings is 1. The molecule has 1 aliphatic rings. The van der Waals surface area contributed by atoms with Gasteiger partial charge in [-0.05, 0) is 19.1 Å². The van der Waals surface area contributed by atoms with Crippen LogP contribution >= 0.6 is 0 Å². The average Bonchev–Trinajstić information content (AvgIpc) is 2.29. The smallest absolute Gasteiger partial charge is 0.339 e. The number of carbonyl (C=O) groups excluding carboxylic acids is 2. The Hall–Kier alpha value is -1.84. The van der Waals surface area contributed by atoms with E-state index in [1.54, 1.807) is 38.2 Å². The SMILES string of the molecule is CN1CC(C)(OC(=O)c2ccccc2)C1=O. The van der Waals surface area contributed by atoms with Crippen molar-refractivity contribution >= 4 is 11.9 Å². The molecule has 1 atom stereocenters. The van der Waals surface area contributed by atoms with Gasteiger partial charge in [0.1, 0.15) is 0 Å². The van der Waals surface area contributed by atoms with E-state index >= 15 is 0 Å². The van der Waals surface area contributed by atoms with Gasteiger partial charge in [-0.25, -0.2) is 4.79 Å². The highest BCUT2D eigenvalue weighted by Gasteiger charge is 2.50. The normalized spacial score (nSPS) is 23.9. The Morgan fingerprint density at radius 1 is 1.38 bits per heavy atom. The van der Waals surface area contributed by atoms with Crippen LogP contribution in [-0.4, -0.2) is 36.0 Å². The summed E-state index contributed by atoms with van der Waals surface area (Å²) in [6.07, 6.45) is 0. The standard InChI is InChI=1S/C12H13NO3/c1-12(8-13(2)11(12)15)16-10(14)9-6-4-3-5-7-9/h3-7H,8H2,1-2H3. The minimum absolute atomic E-state index is 0.156. The zero-order chi connectivity index (χ0) is 11.8. The van der Waals surface area contributed by atoms with Crippen LogP contribution in [0.5, 0.6) is 0 Å². The molecule has 1 unspecified atom stereocenters. The fourth-order valence-corrected chi connectivity index (χ4v) is 1.82. The fourth-order valence-electron chi connectivity index (χ4n) is 1.82. The van der Waals surface area contributed by atoms with Gasteiger partial charge in [0, 0.05) is 7.05 Å². The number of nitrogens with zero attached hydrogens (tertiary/aromatic N) is 1. The van der Waals surface area contributed by atoms with E-state index in [-0.39, 0.29) is 5.91 Å². The van der Waals surface area contributed by atoms with Gasteiger partial charge >= 0.3 is 5.97 Å². The third-order valence-electron chi connectivity index (χ3n) is 2.67. The van der Waals surface area contributed by atoms with Crippen LogP contribution in [0.3, 0.4) is 0 Å². The third kappa shape index (κ3) is 1.66. The second kappa shape index (κ2) is 3.63. The molecule has 84 valence electrons. The lowest BCUT2D eigenvalue weighted by Crippen LogP contribution is -2.65. The number of hydrogen-bond donors (Lipinski definition) is 0. The van der Waals surface area contributed by atoms with Gasteiger partial charge in [-0.15, -0.1) is 0 Å². The highest BCUT2D eigenvalue weighted by molar-refractivity contribution is 5.96. The van der Waals surface area contributed by atoms with E-state index in [2.05, 4.69) is 0 Å². The summed E-state index contributed by atoms with van der Waals surface area (Å²) in [5, 5.41) is 0. The number of likely N-dealkylation sites (N-methyl/N-ethyl adjacent to an activating group) is 1. The molecule has 0 spiro atoms. The van der Waals surface area contributed by atoms with E-state index in [1.807, 2.05) is 6.07 Å². The Balaban J connectivity index is 2.07. The number of hydrogen-bond acceptors (Lipinski definition) is 3. The first kappa shape index (κ1) is 10.7. The van der Waals surface area contributed by atoms with Gasteiger partial charge in [0.05, 0.1) is 12.1 Å². The maximum absolute atomic E-state index is 11.7. The molecule has 0 bridgehead atoms. The van der Waals surface area contributed by atoms with Gasteiger partial charge in [-0.3, -0.25) is 4.79 Å². The quantitative estimate of drug-likeness (QED) is 0.552. The van der Waals surface area contributed by atoms with Crippen molar-refractivity contribution in [3.05, 3.63) is 35.9 Å². The van der Waals surface area contributed by atoms with Crippen LogP contribution in [-0.2, 0) is 9.53 Å². The molecule has 0 N–H and O–H groups in total. The number of amides is 1. The lowest BCUT2D eigenvalue weighted by Gasteiger charge is -2.43. The lowest BCUT2D eigenvalue weighted by molar-refractivity contribution is -0.170. The molecule has 1 heterocycles. The van der Waals surface area contributed by atoms with Crippen LogP contribution < -0.4 is 0 Å². The number of carbonyl (C=O) groups is 2. The molecule has 1 saturated heterocycles. The van der Waals surface area contributed by atoms with Crippen molar-refractivity contribution in [1.82, 2.24) is 4.90 Å². The second-order valence-electron chi connectivity index (χ2n) is 4.15. The number of esters is 1. The zero-order valence-corrected chi connectivity index (χ0v) is 9.27. The van der Waals surface area contributed by atoms with Crippen LogP contribution in [0.25, 0.3) is 0 Å². The summed E-state index contributed by atoms with van der Waals surface area (Å²) in [5.41, 5.74) is -0.520. The van der Waals surface area contributed by atoms with Gasteiger partial charge in [0.15, 0.2) is 0 Å². The van der Waals surface area contributed by atoms with E-state index in [0.717, 1.165) is 0 Å².